The number of piperidine rings is 1. The van der Waals surface area contributed by atoms with Crippen LogP contribution in [0.5, 0.6) is 0 Å². The van der Waals surface area contributed by atoms with E-state index in [1.807, 2.05) is 6.20 Å². The Balaban J connectivity index is 2.08. The van der Waals surface area contributed by atoms with E-state index in [0.29, 0.717) is 0 Å². The van der Waals surface area contributed by atoms with Crippen molar-refractivity contribution in [3.63, 3.8) is 0 Å². The number of aromatic nitrogens is 2. The number of hydrogen-bond donors (Lipinski definition) is 2. The standard InChI is InChI=1S/C15H27N3O/c1-14(2,3)13-12(8-16-17-13)9-18-7-5-6-15(4,10-18)11-19/h8,19H,5-7,9-11H2,1-4H3,(H,16,17). The van der Waals surface area contributed by atoms with Crippen LogP contribution in [0.3, 0.4) is 0 Å². The molecule has 1 unspecified atom stereocenters. The summed E-state index contributed by atoms with van der Waals surface area (Å²) in [5, 5.41) is 16.9. The number of hydrogen-bond acceptors (Lipinski definition) is 3. The van der Waals surface area contributed by atoms with Gasteiger partial charge >= 0.3 is 0 Å². The van der Waals surface area contributed by atoms with Gasteiger partial charge in [-0.15, -0.1) is 0 Å². The molecule has 4 heteroatoms. The highest BCUT2D eigenvalue weighted by Crippen LogP contribution is 2.31. The Morgan fingerprint density at radius 2 is 2.21 bits per heavy atom. The molecule has 4 nitrogen and oxygen atoms in total. The average molecular weight is 265 g/mol. The van der Waals surface area contributed by atoms with Crippen molar-refractivity contribution in [3.8, 4) is 0 Å². The summed E-state index contributed by atoms with van der Waals surface area (Å²) in [7, 11) is 0. The monoisotopic (exact) mass is 265 g/mol. The molecule has 2 heterocycles. The number of aromatic amines is 1. The van der Waals surface area contributed by atoms with E-state index in [-0.39, 0.29) is 17.4 Å². The first-order chi connectivity index (χ1) is 8.84. The SMILES string of the molecule is CC1(CO)CCCN(Cc2cn[nH]c2C(C)(C)C)C1. The van der Waals surface area contributed by atoms with Crippen LogP contribution in [-0.4, -0.2) is 39.9 Å². The number of likely N-dealkylation sites (tertiary alicyclic amines) is 1. The number of nitrogens with zero attached hydrogens (tertiary/aromatic N) is 2. The van der Waals surface area contributed by atoms with Crippen LogP contribution in [0.15, 0.2) is 6.20 Å². The van der Waals surface area contributed by atoms with Gasteiger partial charge in [-0.2, -0.15) is 5.10 Å². The molecule has 0 saturated carbocycles. The first-order valence-corrected chi connectivity index (χ1v) is 7.20. The molecule has 0 aromatic carbocycles. The smallest absolute Gasteiger partial charge is 0.0535 e. The Morgan fingerprint density at radius 1 is 1.47 bits per heavy atom. The van der Waals surface area contributed by atoms with Crippen LogP contribution in [0.1, 0.15) is 51.8 Å². The minimum atomic E-state index is 0.0594. The van der Waals surface area contributed by atoms with Crippen LogP contribution in [0.2, 0.25) is 0 Å². The van der Waals surface area contributed by atoms with Gasteiger partial charge in [-0.25, -0.2) is 0 Å². The maximum atomic E-state index is 9.53. The van der Waals surface area contributed by atoms with Crippen LogP contribution in [0.25, 0.3) is 0 Å². The lowest BCUT2D eigenvalue weighted by molar-refractivity contribution is 0.0427. The number of aliphatic hydroxyl groups excluding tert-OH is 1. The van der Waals surface area contributed by atoms with Crippen LogP contribution >= 0.6 is 0 Å². The van der Waals surface area contributed by atoms with Crippen LogP contribution in [-0.2, 0) is 12.0 Å². The van der Waals surface area contributed by atoms with E-state index in [9.17, 15) is 5.11 Å². The highest BCUT2D eigenvalue weighted by molar-refractivity contribution is 5.23. The molecule has 0 amide bonds. The Hall–Kier alpha value is -0.870. The van der Waals surface area contributed by atoms with Crippen molar-refractivity contribution in [1.82, 2.24) is 15.1 Å². The second-order valence-corrected chi connectivity index (χ2v) is 7.30. The molecule has 1 atom stereocenters. The van der Waals surface area contributed by atoms with Gasteiger partial charge in [0.15, 0.2) is 0 Å². The van der Waals surface area contributed by atoms with E-state index in [1.54, 1.807) is 0 Å². The summed E-state index contributed by atoms with van der Waals surface area (Å²) in [5.74, 6) is 0. The summed E-state index contributed by atoms with van der Waals surface area (Å²) in [6.07, 6.45) is 4.24. The largest absolute Gasteiger partial charge is 0.396 e. The first-order valence-electron chi connectivity index (χ1n) is 7.20. The molecule has 0 aliphatic carbocycles. The van der Waals surface area contributed by atoms with Crippen molar-refractivity contribution in [2.45, 2.75) is 52.5 Å². The minimum Gasteiger partial charge on any atom is -0.396 e. The zero-order valence-corrected chi connectivity index (χ0v) is 12.7. The maximum absolute atomic E-state index is 9.53. The average Bonchev–Trinajstić information content (AvgIpc) is 2.77. The van der Waals surface area contributed by atoms with Gasteiger partial charge in [0.1, 0.15) is 0 Å². The molecule has 1 aromatic heterocycles. The minimum absolute atomic E-state index is 0.0594. The Kier molecular flexibility index (Phi) is 4.02. The zero-order chi connectivity index (χ0) is 14.1. The van der Waals surface area contributed by atoms with Crippen molar-refractivity contribution in [2.24, 2.45) is 5.41 Å². The molecule has 1 aliphatic rings. The van der Waals surface area contributed by atoms with E-state index < -0.39 is 0 Å². The molecule has 19 heavy (non-hydrogen) atoms. The first kappa shape index (κ1) is 14.5. The van der Waals surface area contributed by atoms with Gasteiger partial charge in [-0.1, -0.05) is 27.7 Å². The van der Waals surface area contributed by atoms with Crippen LogP contribution in [0.4, 0.5) is 0 Å². The van der Waals surface area contributed by atoms with Crippen molar-refractivity contribution in [2.75, 3.05) is 19.7 Å². The molecule has 2 rings (SSSR count). The van der Waals surface area contributed by atoms with Crippen molar-refractivity contribution < 1.29 is 5.11 Å². The van der Waals surface area contributed by atoms with Crippen LogP contribution < -0.4 is 0 Å². The molecule has 0 bridgehead atoms. The van der Waals surface area contributed by atoms with Gasteiger partial charge in [-0.3, -0.25) is 10.00 Å². The van der Waals surface area contributed by atoms with E-state index in [2.05, 4.69) is 42.8 Å². The number of aliphatic hydroxyl groups is 1. The van der Waals surface area contributed by atoms with Gasteiger partial charge in [0.2, 0.25) is 0 Å². The topological polar surface area (TPSA) is 52.1 Å². The predicted molar refractivity (Wildman–Crippen MR) is 77.0 cm³/mol. The predicted octanol–water partition coefficient (Wildman–Crippen LogP) is 2.30. The van der Waals surface area contributed by atoms with Gasteiger partial charge in [0, 0.05) is 41.8 Å². The summed E-state index contributed by atoms with van der Waals surface area (Å²) >= 11 is 0. The van der Waals surface area contributed by atoms with E-state index in [0.717, 1.165) is 26.1 Å². The van der Waals surface area contributed by atoms with E-state index in [1.165, 1.54) is 17.7 Å². The van der Waals surface area contributed by atoms with Gasteiger partial charge in [0.25, 0.3) is 0 Å². The summed E-state index contributed by atoms with van der Waals surface area (Å²) in [6.45, 7) is 12.1. The highest BCUT2D eigenvalue weighted by Gasteiger charge is 2.31. The fourth-order valence-electron chi connectivity index (χ4n) is 3.01. The lowest BCUT2D eigenvalue weighted by atomic mass is 9.82. The third-order valence-corrected chi connectivity index (χ3v) is 4.10. The maximum Gasteiger partial charge on any atom is 0.0535 e. The number of rotatable bonds is 3. The van der Waals surface area contributed by atoms with Crippen molar-refractivity contribution in [1.29, 1.82) is 0 Å². The van der Waals surface area contributed by atoms with Gasteiger partial charge in [0.05, 0.1) is 6.20 Å². The molecule has 108 valence electrons. The molecule has 1 aliphatic heterocycles. The molecule has 1 aromatic rings. The van der Waals surface area contributed by atoms with Gasteiger partial charge in [-0.05, 0) is 19.4 Å². The molecule has 0 spiro atoms. The highest BCUT2D eigenvalue weighted by atomic mass is 16.3. The van der Waals surface area contributed by atoms with Crippen LogP contribution in [0, 0.1) is 5.41 Å². The Labute approximate surface area is 116 Å². The molecular weight excluding hydrogens is 238 g/mol. The lowest BCUT2D eigenvalue weighted by Gasteiger charge is -2.39. The molecule has 1 fully saturated rings. The summed E-state index contributed by atoms with van der Waals surface area (Å²) < 4.78 is 0. The zero-order valence-electron chi connectivity index (χ0n) is 12.7. The van der Waals surface area contributed by atoms with Gasteiger partial charge < -0.3 is 5.11 Å². The quantitative estimate of drug-likeness (QED) is 0.881. The Bertz CT molecular complexity index is 421. The molecule has 0 radical (unpaired) electrons. The number of nitrogens with one attached hydrogen (secondary N) is 1. The van der Waals surface area contributed by atoms with Crippen molar-refractivity contribution in [3.05, 3.63) is 17.5 Å². The molecular formula is C15H27N3O. The van der Waals surface area contributed by atoms with Crippen molar-refractivity contribution >= 4 is 0 Å². The fraction of sp³-hybridized carbons (Fsp3) is 0.800. The summed E-state index contributed by atoms with van der Waals surface area (Å²) in [6, 6.07) is 0. The van der Waals surface area contributed by atoms with E-state index >= 15 is 0 Å². The number of H-pyrrole nitrogens is 1. The third kappa shape index (κ3) is 3.37. The normalized spacial score (nSPS) is 25.7. The third-order valence-electron chi connectivity index (χ3n) is 4.10. The molecule has 1 saturated heterocycles. The summed E-state index contributed by atoms with van der Waals surface area (Å²) in [5.41, 5.74) is 2.67. The fourth-order valence-corrected chi connectivity index (χ4v) is 3.01. The second-order valence-electron chi connectivity index (χ2n) is 7.30. The van der Waals surface area contributed by atoms with E-state index in [4.69, 9.17) is 0 Å². The Morgan fingerprint density at radius 3 is 2.84 bits per heavy atom. The second kappa shape index (κ2) is 5.25. The molecule has 2 N–H and O–H groups in total. The summed E-state index contributed by atoms with van der Waals surface area (Å²) in [4.78, 5) is 2.44. The lowest BCUT2D eigenvalue weighted by Crippen LogP contribution is -2.43.